The average molecular weight is 479 g/mol. The molecule has 0 radical (unpaired) electrons. The summed E-state index contributed by atoms with van der Waals surface area (Å²) in [5.41, 5.74) is 4.69. The Kier molecular flexibility index (Phi) is 8.10. The van der Waals surface area contributed by atoms with Gasteiger partial charge in [-0.25, -0.2) is 5.43 Å². The van der Waals surface area contributed by atoms with Gasteiger partial charge in [0.2, 0.25) is 11.8 Å². The van der Waals surface area contributed by atoms with Crippen LogP contribution in [0, 0.1) is 0 Å². The molecule has 0 unspecified atom stereocenters. The fourth-order valence-corrected chi connectivity index (χ4v) is 4.15. The van der Waals surface area contributed by atoms with Crippen molar-refractivity contribution in [3.8, 4) is 5.75 Å². The Morgan fingerprint density at radius 3 is 2.60 bits per heavy atom. The summed E-state index contributed by atoms with van der Waals surface area (Å²) in [5.74, 6) is 0.0290. The van der Waals surface area contributed by atoms with Crippen molar-refractivity contribution in [3.63, 3.8) is 0 Å². The van der Waals surface area contributed by atoms with Gasteiger partial charge in [-0.15, -0.1) is 0 Å². The van der Waals surface area contributed by atoms with E-state index in [9.17, 15) is 14.4 Å². The van der Waals surface area contributed by atoms with Crippen LogP contribution in [0.5, 0.6) is 5.75 Å². The van der Waals surface area contributed by atoms with E-state index in [-0.39, 0.29) is 55.5 Å². The third-order valence-electron chi connectivity index (χ3n) is 6.10. The highest BCUT2D eigenvalue weighted by Gasteiger charge is 2.33. The van der Waals surface area contributed by atoms with Gasteiger partial charge >= 0.3 is 0 Å². The van der Waals surface area contributed by atoms with Crippen molar-refractivity contribution >= 4 is 23.4 Å². The second-order valence-corrected chi connectivity index (χ2v) is 8.64. The van der Waals surface area contributed by atoms with Crippen LogP contribution >= 0.6 is 0 Å². The summed E-state index contributed by atoms with van der Waals surface area (Å²) >= 11 is 0. The average Bonchev–Trinajstić information content (AvgIpc) is 3.05. The van der Waals surface area contributed by atoms with Crippen molar-refractivity contribution in [2.75, 3.05) is 33.3 Å². The predicted molar refractivity (Wildman–Crippen MR) is 130 cm³/mol. The lowest BCUT2D eigenvalue weighted by Crippen LogP contribution is -2.45. The number of carbonyl (C=O) groups excluding carboxylic acids is 3. The number of benzene rings is 2. The summed E-state index contributed by atoms with van der Waals surface area (Å²) in [6.45, 7) is 1.42. The Balaban J connectivity index is 1.48. The van der Waals surface area contributed by atoms with Crippen LogP contribution in [0.4, 0.5) is 0 Å². The molecule has 9 nitrogen and oxygen atoms in total. The van der Waals surface area contributed by atoms with E-state index < -0.39 is 0 Å². The van der Waals surface area contributed by atoms with Gasteiger partial charge in [-0.1, -0.05) is 42.5 Å². The Bertz CT molecular complexity index is 1090. The van der Waals surface area contributed by atoms with Crippen molar-refractivity contribution in [3.05, 3.63) is 65.7 Å². The lowest BCUT2D eigenvalue weighted by Gasteiger charge is -2.25. The van der Waals surface area contributed by atoms with Crippen LogP contribution in [0.25, 0.3) is 0 Å². The van der Waals surface area contributed by atoms with Crippen molar-refractivity contribution in [1.29, 1.82) is 0 Å². The van der Waals surface area contributed by atoms with Crippen LogP contribution in [-0.4, -0.2) is 72.6 Å². The number of rotatable bonds is 8. The minimum atomic E-state index is -0.383. The molecule has 1 fully saturated rings. The van der Waals surface area contributed by atoms with E-state index in [1.165, 1.54) is 4.90 Å². The highest BCUT2D eigenvalue weighted by atomic mass is 16.5. The van der Waals surface area contributed by atoms with Gasteiger partial charge in [-0.3, -0.25) is 14.4 Å². The molecule has 1 atom stereocenters. The minimum Gasteiger partial charge on any atom is -0.497 e. The molecule has 2 aliphatic heterocycles. The molecular formula is C26H30N4O5. The van der Waals surface area contributed by atoms with Crippen LogP contribution in [-0.2, 0) is 32.1 Å². The second-order valence-electron chi connectivity index (χ2n) is 8.64. The lowest BCUT2D eigenvalue weighted by molar-refractivity contribution is -0.135. The number of ether oxygens (including phenoxy) is 2. The normalized spacial score (nSPS) is 18.5. The largest absolute Gasteiger partial charge is 0.497 e. The zero-order valence-corrected chi connectivity index (χ0v) is 19.8. The van der Waals surface area contributed by atoms with Crippen molar-refractivity contribution in [1.82, 2.24) is 15.2 Å². The quantitative estimate of drug-likeness (QED) is 0.623. The Hall–Kier alpha value is -3.72. The molecule has 0 saturated carbocycles. The molecule has 1 saturated heterocycles. The molecule has 2 heterocycles. The SMILES string of the molecule is COc1cccc(CO[C@H]2CN(CCc3ccccc3)C(=O)CN(C(=O)C3=NNC(=O)CC3)C2)c1. The van der Waals surface area contributed by atoms with Crippen molar-refractivity contribution < 1.29 is 23.9 Å². The highest BCUT2D eigenvalue weighted by molar-refractivity contribution is 6.39. The summed E-state index contributed by atoms with van der Waals surface area (Å²) in [7, 11) is 1.61. The summed E-state index contributed by atoms with van der Waals surface area (Å²) < 4.78 is 11.5. The second kappa shape index (κ2) is 11.6. The number of nitrogens with zero attached hydrogens (tertiary/aromatic N) is 3. The van der Waals surface area contributed by atoms with Crippen LogP contribution in [0.15, 0.2) is 59.7 Å². The molecule has 9 heteroatoms. The Morgan fingerprint density at radius 1 is 1.06 bits per heavy atom. The Labute approximate surface area is 204 Å². The van der Waals surface area contributed by atoms with Gasteiger partial charge in [0, 0.05) is 32.5 Å². The number of hydrogen-bond donors (Lipinski definition) is 1. The highest BCUT2D eigenvalue weighted by Crippen LogP contribution is 2.17. The fraction of sp³-hybridized carbons (Fsp3) is 0.385. The van der Waals surface area contributed by atoms with Crippen molar-refractivity contribution in [2.24, 2.45) is 5.10 Å². The first-order chi connectivity index (χ1) is 17.0. The molecule has 2 aromatic rings. The third-order valence-corrected chi connectivity index (χ3v) is 6.10. The number of hydrazone groups is 1. The zero-order valence-electron chi connectivity index (χ0n) is 19.8. The molecule has 2 aliphatic rings. The molecule has 1 N–H and O–H groups in total. The molecule has 0 aromatic heterocycles. The molecular weight excluding hydrogens is 448 g/mol. The number of hydrogen-bond acceptors (Lipinski definition) is 6. The van der Waals surface area contributed by atoms with Gasteiger partial charge in [0.25, 0.3) is 5.91 Å². The first-order valence-electron chi connectivity index (χ1n) is 11.7. The van der Waals surface area contributed by atoms with Crippen LogP contribution in [0.2, 0.25) is 0 Å². The molecule has 4 rings (SSSR count). The predicted octanol–water partition coefficient (Wildman–Crippen LogP) is 1.76. The number of methoxy groups -OCH3 is 1. The number of amides is 3. The third kappa shape index (κ3) is 6.66. The topological polar surface area (TPSA) is 101 Å². The van der Waals surface area contributed by atoms with E-state index in [2.05, 4.69) is 10.5 Å². The maximum Gasteiger partial charge on any atom is 0.270 e. The molecule has 0 aliphatic carbocycles. The fourth-order valence-electron chi connectivity index (χ4n) is 4.15. The van der Waals surface area contributed by atoms with E-state index in [4.69, 9.17) is 9.47 Å². The van der Waals surface area contributed by atoms with Gasteiger partial charge in [0.05, 0.1) is 19.8 Å². The van der Waals surface area contributed by atoms with Gasteiger partial charge < -0.3 is 19.3 Å². The summed E-state index contributed by atoms with van der Waals surface area (Å²) in [6, 6.07) is 17.6. The van der Waals surface area contributed by atoms with Crippen LogP contribution < -0.4 is 10.2 Å². The van der Waals surface area contributed by atoms with Gasteiger partial charge in [0.1, 0.15) is 18.0 Å². The maximum absolute atomic E-state index is 13.1. The molecule has 2 aromatic carbocycles. The molecule has 0 bridgehead atoms. The first kappa shape index (κ1) is 24.4. The number of carbonyl (C=O) groups is 3. The molecule has 0 spiro atoms. The van der Waals surface area contributed by atoms with Gasteiger partial charge in [-0.2, -0.15) is 5.10 Å². The Morgan fingerprint density at radius 2 is 1.86 bits per heavy atom. The van der Waals surface area contributed by atoms with Gasteiger partial charge in [-0.05, 0) is 29.7 Å². The first-order valence-corrected chi connectivity index (χ1v) is 11.7. The smallest absolute Gasteiger partial charge is 0.270 e. The summed E-state index contributed by atoms with van der Waals surface area (Å²) in [6.07, 6.45) is 0.779. The van der Waals surface area contributed by atoms with Gasteiger partial charge in [0.15, 0.2) is 0 Å². The monoisotopic (exact) mass is 478 g/mol. The van der Waals surface area contributed by atoms with Crippen molar-refractivity contribution in [2.45, 2.75) is 32.0 Å². The summed E-state index contributed by atoms with van der Waals surface area (Å²) in [5, 5.41) is 3.92. The minimum absolute atomic E-state index is 0.0559. The maximum atomic E-state index is 13.1. The standard InChI is InChI=1S/C26H30N4O5/c1-34-21-9-5-8-20(14-21)18-35-22-15-29(13-12-19-6-3-2-4-7-19)25(32)17-30(16-22)26(33)23-10-11-24(31)28-27-23/h2-9,14,22H,10-13,15-18H2,1H3,(H,28,31)/t22-/m0/s1. The van der Waals surface area contributed by atoms with E-state index in [1.54, 1.807) is 12.0 Å². The lowest BCUT2D eigenvalue weighted by atomic mass is 10.1. The number of nitrogens with one attached hydrogen (secondary N) is 1. The van der Waals surface area contributed by atoms with E-state index in [1.807, 2.05) is 54.6 Å². The van der Waals surface area contributed by atoms with Crippen LogP contribution in [0.1, 0.15) is 24.0 Å². The summed E-state index contributed by atoms with van der Waals surface area (Å²) in [4.78, 5) is 41.0. The molecule has 35 heavy (non-hydrogen) atoms. The van der Waals surface area contributed by atoms with E-state index in [0.717, 1.165) is 16.9 Å². The molecule has 3 amide bonds. The van der Waals surface area contributed by atoms with E-state index in [0.29, 0.717) is 26.1 Å². The zero-order chi connectivity index (χ0) is 24.6. The van der Waals surface area contributed by atoms with E-state index >= 15 is 0 Å². The molecule has 184 valence electrons. The van der Waals surface area contributed by atoms with Crippen LogP contribution in [0.3, 0.4) is 0 Å².